The number of nitrogens with zero attached hydrogens (tertiary/aromatic N) is 1. The van der Waals surface area contributed by atoms with Crippen molar-refractivity contribution in [1.29, 1.82) is 0 Å². The molecule has 1 saturated heterocycles. The first-order valence-corrected chi connectivity index (χ1v) is 7.41. The minimum absolute atomic E-state index is 0.196. The Hall–Kier alpha value is -1.55. The summed E-state index contributed by atoms with van der Waals surface area (Å²) < 4.78 is 5.69. The fraction of sp³-hybridized carbons (Fsp3) is 0.562. The van der Waals surface area contributed by atoms with Crippen molar-refractivity contribution in [3.05, 3.63) is 29.8 Å². The summed E-state index contributed by atoms with van der Waals surface area (Å²) in [5.41, 5.74) is 1.27. The Morgan fingerprint density at radius 2 is 2.20 bits per heavy atom. The molecule has 20 heavy (non-hydrogen) atoms. The molecule has 1 N–H and O–H groups in total. The lowest BCUT2D eigenvalue weighted by Crippen LogP contribution is -2.41. The van der Waals surface area contributed by atoms with Gasteiger partial charge in [0.25, 0.3) is 0 Å². The Bertz CT molecular complexity index is 488. The number of aliphatic carboxylic acids is 1. The molecule has 2 aliphatic rings. The molecule has 2 heterocycles. The highest BCUT2D eigenvalue weighted by atomic mass is 16.5. The molecule has 2 unspecified atom stereocenters. The van der Waals surface area contributed by atoms with Gasteiger partial charge in [0.2, 0.25) is 0 Å². The maximum absolute atomic E-state index is 11.1. The quantitative estimate of drug-likeness (QED) is 0.920. The summed E-state index contributed by atoms with van der Waals surface area (Å²) in [7, 11) is 0. The standard InChI is InChI=1S/C16H21NO3/c18-16(19)13-4-3-8-17(11-13)10-12-7-9-20-15-6-2-1-5-14(12)15/h1-2,5-6,12-13H,3-4,7-11H2,(H,18,19). The number of carboxylic acid groups (broad SMARTS) is 1. The Morgan fingerprint density at radius 1 is 1.35 bits per heavy atom. The zero-order valence-electron chi connectivity index (χ0n) is 11.6. The predicted molar refractivity (Wildman–Crippen MR) is 76.1 cm³/mol. The number of para-hydroxylation sites is 1. The summed E-state index contributed by atoms with van der Waals surface area (Å²) in [4.78, 5) is 13.5. The van der Waals surface area contributed by atoms with E-state index in [0.717, 1.165) is 44.7 Å². The van der Waals surface area contributed by atoms with Crippen LogP contribution in [0.15, 0.2) is 24.3 Å². The molecule has 3 rings (SSSR count). The molecule has 2 aliphatic heterocycles. The van der Waals surface area contributed by atoms with Crippen LogP contribution < -0.4 is 4.74 Å². The Labute approximate surface area is 119 Å². The number of hydrogen-bond donors (Lipinski definition) is 1. The van der Waals surface area contributed by atoms with Crippen LogP contribution in [0, 0.1) is 5.92 Å². The van der Waals surface area contributed by atoms with Gasteiger partial charge >= 0.3 is 5.97 Å². The summed E-state index contributed by atoms with van der Waals surface area (Å²) in [5.74, 6) is 0.615. The lowest BCUT2D eigenvalue weighted by Gasteiger charge is -2.35. The van der Waals surface area contributed by atoms with E-state index in [1.807, 2.05) is 12.1 Å². The molecular weight excluding hydrogens is 254 g/mol. The van der Waals surface area contributed by atoms with E-state index in [-0.39, 0.29) is 5.92 Å². The minimum Gasteiger partial charge on any atom is -0.493 e. The van der Waals surface area contributed by atoms with Crippen molar-refractivity contribution < 1.29 is 14.6 Å². The van der Waals surface area contributed by atoms with Gasteiger partial charge in [0.1, 0.15) is 5.75 Å². The topological polar surface area (TPSA) is 49.8 Å². The van der Waals surface area contributed by atoms with Gasteiger partial charge in [-0.3, -0.25) is 4.79 Å². The number of hydrogen-bond acceptors (Lipinski definition) is 3. The molecule has 108 valence electrons. The second-order valence-electron chi connectivity index (χ2n) is 5.81. The van der Waals surface area contributed by atoms with Crippen LogP contribution in [0.4, 0.5) is 0 Å². The normalized spacial score (nSPS) is 26.6. The molecule has 0 saturated carbocycles. The van der Waals surface area contributed by atoms with Crippen LogP contribution >= 0.6 is 0 Å². The summed E-state index contributed by atoms with van der Waals surface area (Å²) in [6, 6.07) is 8.22. The van der Waals surface area contributed by atoms with Crippen LogP contribution in [0.5, 0.6) is 5.75 Å². The van der Waals surface area contributed by atoms with Crippen molar-refractivity contribution in [1.82, 2.24) is 4.90 Å². The van der Waals surface area contributed by atoms with Gasteiger partial charge in [0.15, 0.2) is 0 Å². The van der Waals surface area contributed by atoms with Crippen LogP contribution in [0.1, 0.15) is 30.7 Å². The average molecular weight is 275 g/mol. The number of carboxylic acids is 1. The molecule has 0 aliphatic carbocycles. The van der Waals surface area contributed by atoms with Gasteiger partial charge in [0, 0.05) is 19.0 Å². The smallest absolute Gasteiger partial charge is 0.307 e. The lowest BCUT2D eigenvalue weighted by molar-refractivity contribution is -0.143. The van der Waals surface area contributed by atoms with E-state index < -0.39 is 5.97 Å². The summed E-state index contributed by atoms with van der Waals surface area (Å²) >= 11 is 0. The number of rotatable bonds is 3. The third-order valence-corrected chi connectivity index (χ3v) is 4.42. The summed E-state index contributed by atoms with van der Waals surface area (Å²) in [5, 5.41) is 9.17. The highest BCUT2D eigenvalue weighted by Gasteiger charge is 2.29. The second kappa shape index (κ2) is 5.83. The van der Waals surface area contributed by atoms with E-state index >= 15 is 0 Å². The molecule has 1 aromatic carbocycles. The van der Waals surface area contributed by atoms with E-state index in [1.54, 1.807) is 0 Å². The molecule has 0 bridgehead atoms. The molecule has 0 spiro atoms. The highest BCUT2D eigenvalue weighted by molar-refractivity contribution is 5.70. The molecule has 0 aromatic heterocycles. The first kappa shape index (κ1) is 13.4. The van der Waals surface area contributed by atoms with E-state index in [2.05, 4.69) is 17.0 Å². The SMILES string of the molecule is O=C(O)C1CCCN(CC2CCOc3ccccc32)C1. The van der Waals surface area contributed by atoms with Crippen molar-refractivity contribution in [2.24, 2.45) is 5.92 Å². The minimum atomic E-state index is -0.651. The first-order valence-electron chi connectivity index (χ1n) is 7.41. The molecule has 4 heteroatoms. The van der Waals surface area contributed by atoms with Crippen molar-refractivity contribution >= 4 is 5.97 Å². The van der Waals surface area contributed by atoms with E-state index in [1.165, 1.54) is 5.56 Å². The number of carbonyl (C=O) groups is 1. The van der Waals surface area contributed by atoms with E-state index in [0.29, 0.717) is 12.5 Å². The number of fused-ring (bicyclic) bond motifs is 1. The second-order valence-corrected chi connectivity index (χ2v) is 5.81. The molecule has 0 amide bonds. The van der Waals surface area contributed by atoms with Crippen LogP contribution in [-0.4, -0.2) is 42.2 Å². The van der Waals surface area contributed by atoms with Crippen molar-refractivity contribution in [2.45, 2.75) is 25.2 Å². The number of benzene rings is 1. The van der Waals surface area contributed by atoms with Gasteiger partial charge in [-0.1, -0.05) is 18.2 Å². The molecule has 1 aromatic rings. The Kier molecular flexibility index (Phi) is 3.92. The van der Waals surface area contributed by atoms with Crippen LogP contribution in [0.25, 0.3) is 0 Å². The average Bonchev–Trinajstić information content (AvgIpc) is 2.48. The largest absolute Gasteiger partial charge is 0.493 e. The molecule has 4 nitrogen and oxygen atoms in total. The zero-order valence-corrected chi connectivity index (χ0v) is 11.6. The van der Waals surface area contributed by atoms with Crippen molar-refractivity contribution in [3.8, 4) is 5.75 Å². The van der Waals surface area contributed by atoms with Crippen molar-refractivity contribution in [3.63, 3.8) is 0 Å². The Balaban J connectivity index is 1.68. The van der Waals surface area contributed by atoms with E-state index in [9.17, 15) is 9.90 Å². The predicted octanol–water partition coefficient (Wildman–Crippen LogP) is 2.35. The number of likely N-dealkylation sites (tertiary alicyclic amines) is 1. The first-order chi connectivity index (χ1) is 9.74. The molecule has 1 fully saturated rings. The Morgan fingerprint density at radius 3 is 3.05 bits per heavy atom. The summed E-state index contributed by atoms with van der Waals surface area (Å²) in [6.45, 7) is 3.42. The lowest BCUT2D eigenvalue weighted by atomic mass is 9.91. The van der Waals surface area contributed by atoms with Crippen LogP contribution in [0.3, 0.4) is 0 Å². The van der Waals surface area contributed by atoms with Crippen molar-refractivity contribution in [2.75, 3.05) is 26.2 Å². The van der Waals surface area contributed by atoms with Gasteiger partial charge in [-0.15, -0.1) is 0 Å². The third kappa shape index (κ3) is 2.80. The van der Waals surface area contributed by atoms with Crippen LogP contribution in [0.2, 0.25) is 0 Å². The zero-order chi connectivity index (χ0) is 13.9. The maximum Gasteiger partial charge on any atom is 0.307 e. The van der Waals surface area contributed by atoms with Gasteiger partial charge in [-0.2, -0.15) is 0 Å². The van der Waals surface area contributed by atoms with Gasteiger partial charge in [-0.25, -0.2) is 0 Å². The molecular formula is C16H21NO3. The molecule has 2 atom stereocenters. The monoisotopic (exact) mass is 275 g/mol. The third-order valence-electron chi connectivity index (χ3n) is 4.42. The molecule has 0 radical (unpaired) electrons. The van der Waals surface area contributed by atoms with Gasteiger partial charge in [0.05, 0.1) is 12.5 Å². The number of piperidine rings is 1. The maximum atomic E-state index is 11.1. The summed E-state index contributed by atoms with van der Waals surface area (Å²) in [6.07, 6.45) is 2.82. The highest BCUT2D eigenvalue weighted by Crippen LogP contribution is 2.34. The fourth-order valence-electron chi connectivity index (χ4n) is 3.34. The van der Waals surface area contributed by atoms with Gasteiger partial charge < -0.3 is 14.7 Å². The van der Waals surface area contributed by atoms with Crippen LogP contribution in [-0.2, 0) is 4.79 Å². The fourth-order valence-corrected chi connectivity index (χ4v) is 3.34. The van der Waals surface area contributed by atoms with E-state index in [4.69, 9.17) is 4.74 Å². The number of ether oxygens (including phenoxy) is 1. The van der Waals surface area contributed by atoms with Gasteiger partial charge in [-0.05, 0) is 37.4 Å².